The standard InChI is InChI=1S/C22H25N3O/c1-15(2)16-7-9-18(10-8-16)22(26)25-13-11-17(12-14-25)21-23-19-5-3-4-6-20(19)24-21/h3-10,15,17H,11-14H2,1-2H3,(H,23,24). The Morgan fingerprint density at radius 2 is 1.77 bits per heavy atom. The van der Waals surface area contributed by atoms with Crippen molar-refractivity contribution in [2.45, 2.75) is 38.5 Å². The van der Waals surface area contributed by atoms with E-state index in [2.05, 4.69) is 37.0 Å². The molecule has 1 aliphatic heterocycles. The van der Waals surface area contributed by atoms with Gasteiger partial charge in [0.05, 0.1) is 11.0 Å². The van der Waals surface area contributed by atoms with Crippen LogP contribution in [0.4, 0.5) is 0 Å². The van der Waals surface area contributed by atoms with Gasteiger partial charge in [0.25, 0.3) is 5.91 Å². The van der Waals surface area contributed by atoms with E-state index in [9.17, 15) is 4.79 Å². The van der Waals surface area contributed by atoms with Gasteiger partial charge in [0.1, 0.15) is 5.82 Å². The van der Waals surface area contributed by atoms with Crippen molar-refractivity contribution < 1.29 is 4.79 Å². The number of fused-ring (bicyclic) bond motifs is 1. The molecule has 4 rings (SSSR count). The van der Waals surface area contributed by atoms with Gasteiger partial charge in [-0.05, 0) is 48.6 Å². The highest BCUT2D eigenvalue weighted by atomic mass is 16.2. The molecule has 4 nitrogen and oxygen atoms in total. The number of hydrogen-bond acceptors (Lipinski definition) is 2. The van der Waals surface area contributed by atoms with Gasteiger partial charge in [0.2, 0.25) is 0 Å². The number of aromatic amines is 1. The zero-order valence-electron chi connectivity index (χ0n) is 15.4. The second-order valence-electron chi connectivity index (χ2n) is 7.48. The van der Waals surface area contributed by atoms with Crippen molar-refractivity contribution in [3.8, 4) is 0 Å². The topological polar surface area (TPSA) is 49.0 Å². The van der Waals surface area contributed by atoms with Gasteiger partial charge in [-0.1, -0.05) is 38.1 Å². The first-order valence-electron chi connectivity index (χ1n) is 9.45. The third-order valence-corrected chi connectivity index (χ3v) is 5.40. The van der Waals surface area contributed by atoms with Crippen LogP contribution in [0, 0.1) is 0 Å². The summed E-state index contributed by atoms with van der Waals surface area (Å²) in [7, 11) is 0. The molecule has 134 valence electrons. The van der Waals surface area contributed by atoms with Gasteiger partial charge in [-0.2, -0.15) is 0 Å². The number of benzene rings is 2. The van der Waals surface area contributed by atoms with Crippen LogP contribution in [0.5, 0.6) is 0 Å². The number of rotatable bonds is 3. The smallest absolute Gasteiger partial charge is 0.253 e. The van der Waals surface area contributed by atoms with E-state index in [-0.39, 0.29) is 5.91 Å². The molecule has 0 bridgehead atoms. The SMILES string of the molecule is CC(C)c1ccc(C(=O)N2CCC(c3nc4ccccc4[nH]3)CC2)cc1. The van der Waals surface area contributed by atoms with Crippen LogP contribution in [0.15, 0.2) is 48.5 Å². The molecule has 2 aromatic carbocycles. The molecule has 2 heterocycles. The maximum atomic E-state index is 12.8. The van der Waals surface area contributed by atoms with Gasteiger partial charge in [0, 0.05) is 24.6 Å². The Bertz CT molecular complexity index is 870. The van der Waals surface area contributed by atoms with Gasteiger partial charge >= 0.3 is 0 Å². The van der Waals surface area contributed by atoms with Crippen molar-refractivity contribution in [2.75, 3.05) is 13.1 Å². The fourth-order valence-electron chi connectivity index (χ4n) is 3.72. The van der Waals surface area contributed by atoms with Gasteiger partial charge in [-0.15, -0.1) is 0 Å². The van der Waals surface area contributed by atoms with Crippen molar-refractivity contribution in [2.24, 2.45) is 0 Å². The Morgan fingerprint density at radius 1 is 1.08 bits per heavy atom. The number of nitrogens with one attached hydrogen (secondary N) is 1. The third-order valence-electron chi connectivity index (χ3n) is 5.40. The lowest BCUT2D eigenvalue weighted by Crippen LogP contribution is -2.38. The van der Waals surface area contributed by atoms with E-state index in [4.69, 9.17) is 4.98 Å². The minimum Gasteiger partial charge on any atom is -0.342 e. The molecule has 0 saturated carbocycles. The molecule has 0 unspecified atom stereocenters. The van der Waals surface area contributed by atoms with Crippen LogP contribution in [-0.4, -0.2) is 33.9 Å². The number of H-pyrrole nitrogens is 1. The van der Waals surface area contributed by atoms with Crippen LogP contribution >= 0.6 is 0 Å². The highest BCUT2D eigenvalue weighted by molar-refractivity contribution is 5.94. The molecule has 26 heavy (non-hydrogen) atoms. The number of imidazole rings is 1. The quantitative estimate of drug-likeness (QED) is 0.746. The van der Waals surface area contributed by atoms with Crippen molar-refractivity contribution in [1.82, 2.24) is 14.9 Å². The molecule has 0 aliphatic carbocycles. The number of hydrogen-bond donors (Lipinski definition) is 1. The van der Waals surface area contributed by atoms with E-state index < -0.39 is 0 Å². The minimum atomic E-state index is 0.142. The van der Waals surface area contributed by atoms with Crippen molar-refractivity contribution in [3.05, 3.63) is 65.5 Å². The summed E-state index contributed by atoms with van der Waals surface area (Å²) in [6.07, 6.45) is 1.91. The van der Waals surface area contributed by atoms with Crippen LogP contribution in [0.1, 0.15) is 60.3 Å². The summed E-state index contributed by atoms with van der Waals surface area (Å²) < 4.78 is 0. The normalized spacial score (nSPS) is 15.7. The summed E-state index contributed by atoms with van der Waals surface area (Å²) in [6.45, 7) is 5.90. The van der Waals surface area contributed by atoms with Gasteiger partial charge in [0.15, 0.2) is 0 Å². The predicted molar refractivity (Wildman–Crippen MR) is 105 cm³/mol. The maximum absolute atomic E-state index is 12.8. The fraction of sp³-hybridized carbons (Fsp3) is 0.364. The Labute approximate surface area is 154 Å². The molecule has 0 spiro atoms. The van der Waals surface area contributed by atoms with Crippen LogP contribution in [-0.2, 0) is 0 Å². The molecule has 1 N–H and O–H groups in total. The zero-order chi connectivity index (χ0) is 18.1. The monoisotopic (exact) mass is 347 g/mol. The molecule has 0 atom stereocenters. The minimum absolute atomic E-state index is 0.142. The fourth-order valence-corrected chi connectivity index (χ4v) is 3.72. The van der Waals surface area contributed by atoms with E-state index in [0.29, 0.717) is 11.8 Å². The lowest BCUT2D eigenvalue weighted by atomic mass is 9.95. The van der Waals surface area contributed by atoms with E-state index in [1.165, 1.54) is 5.56 Å². The van der Waals surface area contributed by atoms with Crippen molar-refractivity contribution in [1.29, 1.82) is 0 Å². The molecule has 1 aromatic heterocycles. The lowest BCUT2D eigenvalue weighted by Gasteiger charge is -2.31. The molecule has 0 radical (unpaired) electrons. The highest BCUT2D eigenvalue weighted by Crippen LogP contribution is 2.28. The largest absolute Gasteiger partial charge is 0.342 e. The Balaban J connectivity index is 1.41. The first-order chi connectivity index (χ1) is 12.6. The molecule has 3 aromatic rings. The number of para-hydroxylation sites is 2. The summed E-state index contributed by atoms with van der Waals surface area (Å²) in [6, 6.07) is 16.2. The molecular weight excluding hydrogens is 322 g/mol. The van der Waals surface area contributed by atoms with Crippen LogP contribution in [0.3, 0.4) is 0 Å². The number of likely N-dealkylation sites (tertiary alicyclic amines) is 1. The molecule has 1 saturated heterocycles. The van der Waals surface area contributed by atoms with E-state index in [0.717, 1.165) is 48.4 Å². The Hall–Kier alpha value is -2.62. The second-order valence-corrected chi connectivity index (χ2v) is 7.48. The Kier molecular flexibility index (Phi) is 4.49. The van der Waals surface area contributed by atoms with Crippen LogP contribution in [0.2, 0.25) is 0 Å². The molecular formula is C22H25N3O. The van der Waals surface area contributed by atoms with Gasteiger partial charge in [-0.25, -0.2) is 4.98 Å². The summed E-state index contributed by atoms with van der Waals surface area (Å²) >= 11 is 0. The zero-order valence-corrected chi connectivity index (χ0v) is 15.4. The molecule has 4 heteroatoms. The number of aromatic nitrogens is 2. The third kappa shape index (κ3) is 3.24. The summed E-state index contributed by atoms with van der Waals surface area (Å²) in [5.74, 6) is 2.08. The van der Waals surface area contributed by atoms with Crippen molar-refractivity contribution >= 4 is 16.9 Å². The Morgan fingerprint density at radius 3 is 2.42 bits per heavy atom. The van der Waals surface area contributed by atoms with Gasteiger partial charge < -0.3 is 9.88 Å². The number of amides is 1. The maximum Gasteiger partial charge on any atom is 0.253 e. The van der Waals surface area contributed by atoms with Gasteiger partial charge in [-0.3, -0.25) is 4.79 Å². The summed E-state index contributed by atoms with van der Waals surface area (Å²) in [5.41, 5.74) is 4.17. The van der Waals surface area contributed by atoms with Crippen molar-refractivity contribution in [3.63, 3.8) is 0 Å². The second kappa shape index (κ2) is 6.94. The molecule has 1 fully saturated rings. The van der Waals surface area contributed by atoms with E-state index in [1.807, 2.05) is 35.2 Å². The number of carbonyl (C=O) groups is 1. The number of nitrogens with zero attached hydrogens (tertiary/aromatic N) is 2. The summed E-state index contributed by atoms with van der Waals surface area (Å²) in [4.78, 5) is 22.9. The van der Waals surface area contributed by atoms with E-state index >= 15 is 0 Å². The first kappa shape index (κ1) is 16.8. The molecule has 1 aliphatic rings. The number of carbonyl (C=O) groups excluding carboxylic acids is 1. The average Bonchev–Trinajstić information content (AvgIpc) is 3.12. The summed E-state index contributed by atoms with van der Waals surface area (Å²) in [5, 5.41) is 0. The molecule has 1 amide bonds. The highest BCUT2D eigenvalue weighted by Gasteiger charge is 2.26. The number of piperidine rings is 1. The first-order valence-corrected chi connectivity index (χ1v) is 9.45. The lowest BCUT2D eigenvalue weighted by molar-refractivity contribution is 0.0711. The van der Waals surface area contributed by atoms with Crippen LogP contribution < -0.4 is 0 Å². The predicted octanol–water partition coefficient (Wildman–Crippen LogP) is 4.71. The van der Waals surface area contributed by atoms with Crippen LogP contribution in [0.25, 0.3) is 11.0 Å². The average molecular weight is 347 g/mol. The van der Waals surface area contributed by atoms with E-state index in [1.54, 1.807) is 0 Å².